The lowest BCUT2D eigenvalue weighted by molar-refractivity contribution is -0.131. The fourth-order valence-corrected chi connectivity index (χ4v) is 1.15. The van der Waals surface area contributed by atoms with E-state index < -0.39 is 12.2 Å². The third kappa shape index (κ3) is 4.00. The monoisotopic (exact) mass is 244 g/mol. The zero-order chi connectivity index (χ0) is 12.7. The van der Waals surface area contributed by atoms with Gasteiger partial charge in [-0.2, -0.15) is 0 Å². The van der Waals surface area contributed by atoms with E-state index >= 15 is 0 Å². The van der Waals surface area contributed by atoms with Gasteiger partial charge in [0.15, 0.2) is 6.29 Å². The number of hydrogen-bond donors (Lipinski definition) is 2. The van der Waals surface area contributed by atoms with Gasteiger partial charge in [-0.15, -0.1) is 0 Å². The van der Waals surface area contributed by atoms with Gasteiger partial charge in [0.05, 0.1) is 6.54 Å². The van der Waals surface area contributed by atoms with Crippen LogP contribution >= 0.6 is 0 Å². The molecule has 8 nitrogen and oxygen atoms in total. The standard InChI is InChI=1S/C9H16N4O4/c1-3-15-6(16-4-2)5-11-9(14)7-8(10)13-17-12-7/h6H,3-5H2,1-2H3,(H2,10,13)(H,11,14). The van der Waals surface area contributed by atoms with Crippen molar-refractivity contribution in [1.29, 1.82) is 0 Å². The fourth-order valence-electron chi connectivity index (χ4n) is 1.15. The second-order valence-electron chi connectivity index (χ2n) is 3.05. The number of amides is 1. The second kappa shape index (κ2) is 6.81. The van der Waals surface area contributed by atoms with Crippen LogP contribution in [-0.4, -0.2) is 42.3 Å². The lowest BCUT2D eigenvalue weighted by atomic mass is 10.4. The number of nitrogens with one attached hydrogen (secondary N) is 1. The number of ether oxygens (including phenoxy) is 2. The molecule has 0 saturated carbocycles. The first-order chi connectivity index (χ1) is 8.19. The van der Waals surface area contributed by atoms with Crippen molar-refractivity contribution in [3.05, 3.63) is 5.69 Å². The van der Waals surface area contributed by atoms with Gasteiger partial charge in [0.25, 0.3) is 5.91 Å². The summed E-state index contributed by atoms with van der Waals surface area (Å²) in [5.74, 6) is -0.528. The minimum absolute atomic E-state index is 0.0447. The predicted octanol–water partition coefficient (Wildman–Crippen LogP) is -0.219. The summed E-state index contributed by atoms with van der Waals surface area (Å²) in [6.07, 6.45) is -0.491. The molecule has 0 aromatic carbocycles. The molecule has 96 valence electrons. The predicted molar refractivity (Wildman–Crippen MR) is 58.1 cm³/mol. The second-order valence-corrected chi connectivity index (χ2v) is 3.05. The van der Waals surface area contributed by atoms with Gasteiger partial charge in [-0.3, -0.25) is 4.79 Å². The fraction of sp³-hybridized carbons (Fsp3) is 0.667. The molecule has 17 heavy (non-hydrogen) atoms. The van der Waals surface area contributed by atoms with Gasteiger partial charge < -0.3 is 20.5 Å². The summed E-state index contributed by atoms with van der Waals surface area (Å²) in [4.78, 5) is 11.6. The van der Waals surface area contributed by atoms with Crippen LogP contribution in [0.2, 0.25) is 0 Å². The summed E-state index contributed by atoms with van der Waals surface area (Å²) in [6.45, 7) is 4.87. The molecule has 1 rings (SSSR count). The Hall–Kier alpha value is -1.67. The summed E-state index contributed by atoms with van der Waals surface area (Å²) < 4.78 is 14.8. The van der Waals surface area contributed by atoms with Gasteiger partial charge in [0.2, 0.25) is 11.5 Å². The molecule has 8 heteroatoms. The Morgan fingerprint density at radius 1 is 1.41 bits per heavy atom. The first-order valence-corrected chi connectivity index (χ1v) is 5.28. The van der Waals surface area contributed by atoms with Crippen molar-refractivity contribution >= 4 is 11.7 Å². The molecule has 0 unspecified atom stereocenters. The number of nitrogen functional groups attached to an aromatic ring is 1. The average molecular weight is 244 g/mol. The van der Waals surface area contributed by atoms with Crippen LogP contribution < -0.4 is 11.1 Å². The van der Waals surface area contributed by atoms with Gasteiger partial charge in [-0.25, -0.2) is 4.63 Å². The highest BCUT2D eigenvalue weighted by atomic mass is 16.7. The van der Waals surface area contributed by atoms with Gasteiger partial charge in [-0.1, -0.05) is 0 Å². The molecule has 0 radical (unpaired) electrons. The van der Waals surface area contributed by atoms with Crippen LogP contribution in [0.1, 0.15) is 24.3 Å². The molecule has 0 spiro atoms. The van der Waals surface area contributed by atoms with Gasteiger partial charge >= 0.3 is 0 Å². The largest absolute Gasteiger partial charge is 0.379 e. The molecule has 3 N–H and O–H groups in total. The number of hydrogen-bond acceptors (Lipinski definition) is 7. The van der Waals surface area contributed by atoms with Gasteiger partial charge in [0, 0.05) is 13.2 Å². The Kier molecular flexibility index (Phi) is 5.37. The zero-order valence-corrected chi connectivity index (χ0v) is 9.80. The summed E-state index contributed by atoms with van der Waals surface area (Å²) in [7, 11) is 0. The van der Waals surface area contributed by atoms with E-state index in [0.717, 1.165) is 0 Å². The summed E-state index contributed by atoms with van der Waals surface area (Å²) in [6, 6.07) is 0. The lowest BCUT2D eigenvalue weighted by Gasteiger charge is -2.16. The van der Waals surface area contributed by atoms with Crippen LogP contribution in [0.5, 0.6) is 0 Å². The molecule has 0 bridgehead atoms. The first kappa shape index (κ1) is 13.4. The van der Waals surface area contributed by atoms with E-state index in [1.165, 1.54) is 0 Å². The number of rotatable bonds is 7. The number of aromatic nitrogens is 2. The zero-order valence-electron chi connectivity index (χ0n) is 9.80. The highest BCUT2D eigenvalue weighted by Gasteiger charge is 2.17. The maximum absolute atomic E-state index is 11.6. The molecular weight excluding hydrogens is 228 g/mol. The molecule has 1 aromatic rings. The highest BCUT2D eigenvalue weighted by molar-refractivity contribution is 5.95. The van der Waals surface area contributed by atoms with Crippen molar-refractivity contribution in [1.82, 2.24) is 15.6 Å². The quantitative estimate of drug-likeness (QED) is 0.637. The Balaban J connectivity index is 2.43. The molecule has 0 aliphatic heterocycles. The Morgan fingerprint density at radius 2 is 2.06 bits per heavy atom. The molecule has 1 heterocycles. The van der Waals surface area contributed by atoms with E-state index in [0.29, 0.717) is 13.2 Å². The lowest BCUT2D eigenvalue weighted by Crippen LogP contribution is -2.35. The number of nitrogens with two attached hydrogens (primary N) is 1. The van der Waals surface area contributed by atoms with Gasteiger partial charge in [0.1, 0.15) is 0 Å². The topological polar surface area (TPSA) is 112 Å². The summed E-state index contributed by atoms with van der Waals surface area (Å²) in [5.41, 5.74) is 5.33. The van der Waals surface area contributed by atoms with Crippen molar-refractivity contribution in [2.24, 2.45) is 0 Å². The minimum Gasteiger partial charge on any atom is -0.379 e. The molecule has 0 aliphatic rings. The van der Waals surface area contributed by atoms with E-state index in [1.807, 2.05) is 13.8 Å². The van der Waals surface area contributed by atoms with Crippen molar-refractivity contribution < 1.29 is 18.9 Å². The number of anilines is 1. The van der Waals surface area contributed by atoms with Crippen molar-refractivity contribution in [2.45, 2.75) is 20.1 Å². The molecule has 0 fully saturated rings. The average Bonchev–Trinajstić information content (AvgIpc) is 2.72. The number of carbonyl (C=O) groups excluding carboxylic acids is 1. The van der Waals surface area contributed by atoms with Crippen LogP contribution in [0.15, 0.2) is 4.63 Å². The van der Waals surface area contributed by atoms with E-state index in [4.69, 9.17) is 15.2 Å². The maximum Gasteiger partial charge on any atom is 0.277 e. The van der Waals surface area contributed by atoms with E-state index in [9.17, 15) is 4.79 Å². The SMILES string of the molecule is CCOC(CNC(=O)c1nonc1N)OCC. The summed E-state index contributed by atoms with van der Waals surface area (Å²) >= 11 is 0. The van der Waals surface area contributed by atoms with Crippen molar-refractivity contribution in [2.75, 3.05) is 25.5 Å². The van der Waals surface area contributed by atoms with Gasteiger partial charge in [-0.05, 0) is 24.2 Å². The van der Waals surface area contributed by atoms with E-state index in [1.54, 1.807) is 0 Å². The Morgan fingerprint density at radius 3 is 2.53 bits per heavy atom. The number of carbonyl (C=O) groups is 1. The van der Waals surface area contributed by atoms with Crippen LogP contribution in [0.3, 0.4) is 0 Å². The van der Waals surface area contributed by atoms with Crippen LogP contribution in [0.4, 0.5) is 5.82 Å². The van der Waals surface area contributed by atoms with Crippen molar-refractivity contribution in [3.63, 3.8) is 0 Å². The molecule has 1 aromatic heterocycles. The Bertz CT molecular complexity index is 349. The van der Waals surface area contributed by atoms with Crippen LogP contribution in [-0.2, 0) is 9.47 Å². The van der Waals surface area contributed by atoms with E-state index in [-0.39, 0.29) is 18.1 Å². The van der Waals surface area contributed by atoms with Crippen molar-refractivity contribution in [3.8, 4) is 0 Å². The third-order valence-corrected chi connectivity index (χ3v) is 1.86. The molecular formula is C9H16N4O4. The normalized spacial score (nSPS) is 10.8. The Labute approximate surface area is 98.4 Å². The van der Waals surface area contributed by atoms with Crippen LogP contribution in [0.25, 0.3) is 0 Å². The smallest absolute Gasteiger partial charge is 0.277 e. The molecule has 1 amide bonds. The molecule has 0 atom stereocenters. The first-order valence-electron chi connectivity index (χ1n) is 5.28. The third-order valence-electron chi connectivity index (χ3n) is 1.86. The summed E-state index contributed by atoms with van der Waals surface area (Å²) in [5, 5.41) is 9.25. The molecule has 0 aliphatic carbocycles. The maximum atomic E-state index is 11.6. The molecule has 0 saturated heterocycles. The van der Waals surface area contributed by atoms with E-state index in [2.05, 4.69) is 20.3 Å². The highest BCUT2D eigenvalue weighted by Crippen LogP contribution is 2.03. The van der Waals surface area contributed by atoms with Crippen LogP contribution in [0, 0.1) is 0 Å². The number of nitrogens with zero attached hydrogens (tertiary/aromatic N) is 2. The minimum atomic E-state index is -0.491.